The Balaban J connectivity index is 2.60. The molecule has 8 nitrogen and oxygen atoms in total. The zero-order chi connectivity index (χ0) is 20.5. The minimum atomic E-state index is -1.20. The molecule has 0 radical (unpaired) electrons. The molecule has 0 fully saturated rings. The summed E-state index contributed by atoms with van der Waals surface area (Å²) in [7, 11) is 0. The summed E-state index contributed by atoms with van der Waals surface area (Å²) in [6.07, 6.45) is 1.18. The Labute approximate surface area is 162 Å². The van der Waals surface area contributed by atoms with E-state index in [2.05, 4.69) is 15.6 Å². The zero-order valence-electron chi connectivity index (χ0n) is 17.3. The molecule has 1 amide bonds. The summed E-state index contributed by atoms with van der Waals surface area (Å²) in [4.78, 5) is 18.2. The first-order valence-corrected chi connectivity index (χ1v) is 9.35. The van der Waals surface area contributed by atoms with E-state index in [-0.39, 0.29) is 12.6 Å². The SMILES string of the molecule is CCNC(=NCC(C)(O)c1ccco1)NCCN(CC)C(=O)OC(C)(C)C. The van der Waals surface area contributed by atoms with Crippen molar-refractivity contribution in [3.63, 3.8) is 0 Å². The molecule has 0 saturated heterocycles. The van der Waals surface area contributed by atoms with Gasteiger partial charge in [0.1, 0.15) is 17.0 Å². The van der Waals surface area contributed by atoms with Gasteiger partial charge in [-0.05, 0) is 53.7 Å². The second kappa shape index (κ2) is 10.2. The van der Waals surface area contributed by atoms with E-state index in [0.29, 0.717) is 37.9 Å². The van der Waals surface area contributed by atoms with Crippen molar-refractivity contribution in [2.75, 3.05) is 32.7 Å². The van der Waals surface area contributed by atoms with Crippen molar-refractivity contribution < 1.29 is 19.1 Å². The van der Waals surface area contributed by atoms with E-state index in [1.807, 2.05) is 34.6 Å². The maximum absolute atomic E-state index is 12.2. The van der Waals surface area contributed by atoms with E-state index in [1.54, 1.807) is 24.0 Å². The second-order valence-corrected chi connectivity index (χ2v) is 7.43. The van der Waals surface area contributed by atoms with Gasteiger partial charge in [-0.2, -0.15) is 0 Å². The zero-order valence-corrected chi connectivity index (χ0v) is 17.3. The van der Waals surface area contributed by atoms with Crippen LogP contribution >= 0.6 is 0 Å². The van der Waals surface area contributed by atoms with E-state index in [0.717, 1.165) is 0 Å². The molecule has 27 heavy (non-hydrogen) atoms. The molecule has 1 unspecified atom stereocenters. The molecular formula is C19H34N4O4. The normalized spacial score (nSPS) is 14.4. The number of hydrogen-bond donors (Lipinski definition) is 3. The van der Waals surface area contributed by atoms with Crippen molar-refractivity contribution in [2.24, 2.45) is 4.99 Å². The first-order chi connectivity index (χ1) is 12.6. The van der Waals surface area contributed by atoms with Crippen molar-refractivity contribution in [3.05, 3.63) is 24.2 Å². The number of aliphatic imine (C=N–C) groups is 1. The third kappa shape index (κ3) is 8.34. The Morgan fingerprint density at radius 3 is 2.52 bits per heavy atom. The molecule has 1 aromatic heterocycles. The van der Waals surface area contributed by atoms with Gasteiger partial charge in [-0.25, -0.2) is 9.79 Å². The fourth-order valence-electron chi connectivity index (χ4n) is 2.25. The van der Waals surface area contributed by atoms with Crippen LogP contribution in [0.1, 0.15) is 47.3 Å². The number of hydrogen-bond acceptors (Lipinski definition) is 5. The van der Waals surface area contributed by atoms with Crippen LogP contribution < -0.4 is 10.6 Å². The maximum atomic E-state index is 12.2. The topological polar surface area (TPSA) is 99.3 Å². The number of carbonyl (C=O) groups excluding carboxylic acids is 1. The molecule has 0 saturated carbocycles. The highest BCUT2D eigenvalue weighted by Gasteiger charge is 2.26. The highest BCUT2D eigenvalue weighted by molar-refractivity contribution is 5.79. The summed E-state index contributed by atoms with van der Waals surface area (Å²) < 4.78 is 10.7. The van der Waals surface area contributed by atoms with E-state index in [9.17, 15) is 9.90 Å². The predicted octanol–water partition coefficient (Wildman–Crippen LogP) is 2.30. The number of carbonyl (C=O) groups is 1. The number of nitrogens with one attached hydrogen (secondary N) is 2. The Morgan fingerprint density at radius 1 is 1.30 bits per heavy atom. The third-order valence-electron chi connectivity index (χ3n) is 3.65. The lowest BCUT2D eigenvalue weighted by Crippen LogP contribution is -2.44. The number of rotatable bonds is 8. The van der Waals surface area contributed by atoms with Gasteiger partial charge in [0, 0.05) is 26.2 Å². The molecule has 0 spiro atoms. The summed E-state index contributed by atoms with van der Waals surface area (Å²) in [6.45, 7) is 13.4. The molecule has 0 bridgehead atoms. The number of ether oxygens (including phenoxy) is 1. The van der Waals surface area contributed by atoms with Crippen molar-refractivity contribution in [3.8, 4) is 0 Å². The van der Waals surface area contributed by atoms with Crippen LogP contribution in [0, 0.1) is 0 Å². The molecule has 1 heterocycles. The lowest BCUT2D eigenvalue weighted by molar-refractivity contribution is 0.0264. The molecule has 154 valence electrons. The molecule has 1 aromatic rings. The van der Waals surface area contributed by atoms with Gasteiger partial charge in [0.15, 0.2) is 5.96 Å². The number of furan rings is 1. The Kier molecular flexibility index (Phi) is 8.62. The van der Waals surface area contributed by atoms with Gasteiger partial charge >= 0.3 is 6.09 Å². The largest absolute Gasteiger partial charge is 0.466 e. The predicted molar refractivity (Wildman–Crippen MR) is 106 cm³/mol. The highest BCUT2D eigenvalue weighted by Crippen LogP contribution is 2.21. The molecule has 8 heteroatoms. The van der Waals surface area contributed by atoms with Crippen LogP contribution in [-0.4, -0.2) is 60.4 Å². The first-order valence-electron chi connectivity index (χ1n) is 9.35. The summed E-state index contributed by atoms with van der Waals surface area (Å²) in [5.74, 6) is 1.02. The fraction of sp³-hybridized carbons (Fsp3) is 0.684. The van der Waals surface area contributed by atoms with Crippen molar-refractivity contribution >= 4 is 12.1 Å². The third-order valence-corrected chi connectivity index (χ3v) is 3.65. The minimum absolute atomic E-state index is 0.138. The van der Waals surface area contributed by atoms with Crippen molar-refractivity contribution in [2.45, 2.75) is 52.7 Å². The standard InChI is InChI=1S/C19H34N4O4/c1-7-20-16(22-14-19(6,25)15-10-9-13-26-15)21-11-12-23(8-2)17(24)27-18(3,4)5/h9-10,13,25H,7-8,11-12,14H2,1-6H3,(H2,20,21,22). The quantitative estimate of drug-likeness (QED) is 0.471. The average molecular weight is 383 g/mol. The molecule has 0 aliphatic rings. The summed E-state index contributed by atoms with van der Waals surface area (Å²) in [6, 6.07) is 3.45. The van der Waals surface area contributed by atoms with E-state index >= 15 is 0 Å². The number of amides is 1. The van der Waals surface area contributed by atoms with Gasteiger partial charge < -0.3 is 29.8 Å². The van der Waals surface area contributed by atoms with Gasteiger partial charge in [-0.15, -0.1) is 0 Å². The van der Waals surface area contributed by atoms with Gasteiger partial charge in [0.05, 0.1) is 12.8 Å². The van der Waals surface area contributed by atoms with Gasteiger partial charge in [0.25, 0.3) is 0 Å². The lowest BCUT2D eigenvalue weighted by atomic mass is 10.0. The highest BCUT2D eigenvalue weighted by atomic mass is 16.6. The molecule has 0 aliphatic heterocycles. The van der Waals surface area contributed by atoms with Crippen LogP contribution in [0.4, 0.5) is 4.79 Å². The van der Waals surface area contributed by atoms with Gasteiger partial charge in [-0.3, -0.25) is 0 Å². The van der Waals surface area contributed by atoms with Crippen LogP contribution in [0.5, 0.6) is 0 Å². The Hall–Kier alpha value is -2.22. The summed E-state index contributed by atoms with van der Waals surface area (Å²) in [5, 5.41) is 16.8. The number of nitrogens with zero attached hydrogens (tertiary/aromatic N) is 2. The lowest BCUT2D eigenvalue weighted by Gasteiger charge is -2.27. The van der Waals surface area contributed by atoms with Gasteiger partial charge in [-0.1, -0.05) is 0 Å². The van der Waals surface area contributed by atoms with Crippen molar-refractivity contribution in [1.82, 2.24) is 15.5 Å². The van der Waals surface area contributed by atoms with Crippen LogP contribution in [0.15, 0.2) is 27.8 Å². The molecular weight excluding hydrogens is 348 g/mol. The van der Waals surface area contributed by atoms with E-state index in [4.69, 9.17) is 9.15 Å². The van der Waals surface area contributed by atoms with Crippen LogP contribution in [-0.2, 0) is 10.3 Å². The fourth-order valence-corrected chi connectivity index (χ4v) is 2.25. The molecule has 0 aliphatic carbocycles. The smallest absolute Gasteiger partial charge is 0.410 e. The number of likely N-dealkylation sites (N-methyl/N-ethyl adjacent to an activating group) is 1. The van der Waals surface area contributed by atoms with Gasteiger partial charge in [0.2, 0.25) is 0 Å². The minimum Gasteiger partial charge on any atom is -0.466 e. The second-order valence-electron chi connectivity index (χ2n) is 7.43. The molecule has 3 N–H and O–H groups in total. The molecule has 1 rings (SSSR count). The summed E-state index contributed by atoms with van der Waals surface area (Å²) in [5.41, 5.74) is -1.72. The Morgan fingerprint density at radius 2 is 2.00 bits per heavy atom. The average Bonchev–Trinajstić information content (AvgIpc) is 3.10. The van der Waals surface area contributed by atoms with Crippen molar-refractivity contribution in [1.29, 1.82) is 0 Å². The monoisotopic (exact) mass is 382 g/mol. The Bertz CT molecular complexity index is 591. The molecule has 1 atom stereocenters. The molecule has 0 aromatic carbocycles. The maximum Gasteiger partial charge on any atom is 0.410 e. The van der Waals surface area contributed by atoms with Crippen LogP contribution in [0.25, 0.3) is 0 Å². The number of guanidine groups is 1. The van der Waals surface area contributed by atoms with E-state index < -0.39 is 11.2 Å². The summed E-state index contributed by atoms with van der Waals surface area (Å²) >= 11 is 0. The van der Waals surface area contributed by atoms with Crippen LogP contribution in [0.2, 0.25) is 0 Å². The van der Waals surface area contributed by atoms with Crippen LogP contribution in [0.3, 0.4) is 0 Å². The number of aliphatic hydroxyl groups is 1. The first kappa shape index (κ1) is 22.8. The van der Waals surface area contributed by atoms with E-state index in [1.165, 1.54) is 6.26 Å².